The largest absolute Gasteiger partial charge is 0.391 e. The molecule has 0 spiro atoms. The minimum Gasteiger partial charge on any atom is -0.391 e. The van der Waals surface area contributed by atoms with E-state index in [0.29, 0.717) is 11.3 Å². The van der Waals surface area contributed by atoms with Gasteiger partial charge < -0.3 is 10.4 Å². The van der Waals surface area contributed by atoms with Crippen LogP contribution in [-0.2, 0) is 15.0 Å². The van der Waals surface area contributed by atoms with Crippen molar-refractivity contribution in [3.63, 3.8) is 0 Å². The number of halogens is 2. The van der Waals surface area contributed by atoms with Crippen LogP contribution in [0.25, 0.3) is 0 Å². The lowest BCUT2D eigenvalue weighted by Gasteiger charge is -2.36. The highest BCUT2D eigenvalue weighted by Gasteiger charge is 2.44. The van der Waals surface area contributed by atoms with E-state index in [9.17, 15) is 28.7 Å². The number of nitrogens with zero attached hydrogens (tertiary/aromatic N) is 4. The SMILES string of the molecule is Cc1ccncc1C(C(=O)NC1CCC(F)(F)CC1)N(C(=O)C1CC(O)CN1C#N)c1ccc(C(C)(C)C)cc1. The van der Waals surface area contributed by atoms with Gasteiger partial charge >= 0.3 is 0 Å². The van der Waals surface area contributed by atoms with E-state index in [1.165, 1.54) is 16.0 Å². The lowest BCUT2D eigenvalue weighted by Crippen LogP contribution is -2.52. The Morgan fingerprint density at radius 2 is 1.85 bits per heavy atom. The molecule has 1 aromatic carbocycles. The molecule has 2 N–H and O–H groups in total. The molecule has 2 aliphatic rings. The molecule has 214 valence electrons. The van der Waals surface area contributed by atoms with E-state index < -0.39 is 42.0 Å². The minimum absolute atomic E-state index is 0.0166. The van der Waals surface area contributed by atoms with Crippen LogP contribution in [0.2, 0.25) is 0 Å². The summed E-state index contributed by atoms with van der Waals surface area (Å²) in [5.74, 6) is -3.77. The van der Waals surface area contributed by atoms with Crippen LogP contribution < -0.4 is 10.2 Å². The average molecular weight is 554 g/mol. The van der Waals surface area contributed by atoms with Gasteiger partial charge in [0.2, 0.25) is 11.8 Å². The number of pyridine rings is 1. The second-order valence-corrected chi connectivity index (χ2v) is 11.9. The summed E-state index contributed by atoms with van der Waals surface area (Å²) in [6, 6.07) is 6.47. The van der Waals surface area contributed by atoms with Crippen LogP contribution >= 0.6 is 0 Å². The van der Waals surface area contributed by atoms with Gasteiger partial charge in [-0.15, -0.1) is 0 Å². The van der Waals surface area contributed by atoms with E-state index in [4.69, 9.17) is 0 Å². The molecule has 8 nitrogen and oxygen atoms in total. The Morgan fingerprint density at radius 3 is 2.42 bits per heavy atom. The van der Waals surface area contributed by atoms with E-state index in [0.717, 1.165) is 11.1 Å². The number of aliphatic hydroxyl groups excluding tert-OH is 1. The van der Waals surface area contributed by atoms with Crippen LogP contribution in [0, 0.1) is 18.4 Å². The smallest absolute Gasteiger partial charge is 0.251 e. The number of aromatic nitrogens is 1. The normalized spacial score (nSPS) is 21.9. The number of likely N-dealkylation sites (tertiary alicyclic amines) is 1. The first-order valence-corrected chi connectivity index (χ1v) is 13.7. The number of nitriles is 1. The fraction of sp³-hybridized carbons (Fsp3) is 0.533. The number of amides is 2. The van der Waals surface area contributed by atoms with Crippen LogP contribution in [0.1, 0.15) is 75.6 Å². The number of hydrogen-bond donors (Lipinski definition) is 2. The Balaban J connectivity index is 1.79. The first-order chi connectivity index (χ1) is 18.8. The van der Waals surface area contributed by atoms with Crippen molar-refractivity contribution in [1.82, 2.24) is 15.2 Å². The number of benzene rings is 1. The third-order valence-corrected chi connectivity index (χ3v) is 7.89. The van der Waals surface area contributed by atoms with Crippen molar-refractivity contribution in [3.8, 4) is 6.19 Å². The molecule has 1 aliphatic carbocycles. The maximum atomic E-state index is 14.3. The first kappa shape index (κ1) is 29.4. The molecule has 40 heavy (non-hydrogen) atoms. The second-order valence-electron chi connectivity index (χ2n) is 11.9. The van der Waals surface area contributed by atoms with E-state index in [1.807, 2.05) is 25.2 Å². The van der Waals surface area contributed by atoms with Gasteiger partial charge in [-0.2, -0.15) is 5.26 Å². The number of hydrogen-bond acceptors (Lipinski definition) is 6. The molecule has 0 radical (unpaired) electrons. The van der Waals surface area contributed by atoms with Crippen LogP contribution in [-0.4, -0.2) is 57.5 Å². The number of alkyl halides is 2. The number of carbonyl (C=O) groups is 2. The molecule has 3 atom stereocenters. The summed E-state index contributed by atoms with van der Waals surface area (Å²) in [5, 5.41) is 22.9. The predicted molar refractivity (Wildman–Crippen MR) is 146 cm³/mol. The number of aryl methyl sites for hydroxylation is 1. The summed E-state index contributed by atoms with van der Waals surface area (Å²) in [7, 11) is 0. The van der Waals surface area contributed by atoms with Gasteiger partial charge in [-0.1, -0.05) is 32.9 Å². The van der Waals surface area contributed by atoms with Crippen molar-refractivity contribution in [2.24, 2.45) is 0 Å². The molecule has 2 heterocycles. The Morgan fingerprint density at radius 1 is 1.20 bits per heavy atom. The van der Waals surface area contributed by atoms with Gasteiger partial charge in [-0.3, -0.25) is 24.4 Å². The molecule has 0 bridgehead atoms. The summed E-state index contributed by atoms with van der Waals surface area (Å²) in [4.78, 5) is 35.1. The summed E-state index contributed by atoms with van der Waals surface area (Å²) in [6.45, 7) is 8.03. The molecule has 4 rings (SSSR count). The van der Waals surface area contributed by atoms with Crippen molar-refractivity contribution in [2.75, 3.05) is 11.4 Å². The number of rotatable bonds is 6. The standard InChI is InChI=1S/C30H37F2N5O3/c1-19-11-14-34-16-24(19)26(27(39)35-21-9-12-30(31,32)13-10-21)37(22-7-5-20(6-8-22)29(2,3)4)28(40)25-15-23(38)17-36(25)18-33/h5-8,11,14,16,21,23,25-26,38H,9-10,12-13,15,17H2,1-4H3,(H,35,39). The van der Waals surface area contributed by atoms with Gasteiger partial charge in [-0.05, 0) is 54.5 Å². The van der Waals surface area contributed by atoms with Crippen molar-refractivity contribution >= 4 is 17.5 Å². The summed E-state index contributed by atoms with van der Waals surface area (Å²) < 4.78 is 27.6. The van der Waals surface area contributed by atoms with Crippen LogP contribution in [0.3, 0.4) is 0 Å². The second kappa shape index (κ2) is 11.5. The molecule has 1 aliphatic heterocycles. The maximum absolute atomic E-state index is 14.3. The van der Waals surface area contributed by atoms with E-state index in [-0.39, 0.29) is 44.1 Å². The molecule has 2 aromatic rings. The highest BCUT2D eigenvalue weighted by Crippen LogP contribution is 2.36. The number of carbonyl (C=O) groups excluding carboxylic acids is 2. The van der Waals surface area contributed by atoms with Gasteiger partial charge in [0.1, 0.15) is 12.1 Å². The molecule has 3 unspecified atom stereocenters. The van der Waals surface area contributed by atoms with Gasteiger partial charge in [0, 0.05) is 48.9 Å². The van der Waals surface area contributed by atoms with Gasteiger partial charge in [0.15, 0.2) is 6.19 Å². The molecule has 2 amide bonds. The van der Waals surface area contributed by atoms with Crippen molar-refractivity contribution in [1.29, 1.82) is 5.26 Å². The van der Waals surface area contributed by atoms with Crippen LogP contribution in [0.5, 0.6) is 0 Å². The van der Waals surface area contributed by atoms with Gasteiger partial charge in [-0.25, -0.2) is 8.78 Å². The highest BCUT2D eigenvalue weighted by molar-refractivity contribution is 6.04. The van der Waals surface area contributed by atoms with Crippen LogP contribution in [0.15, 0.2) is 42.7 Å². The number of anilines is 1. The van der Waals surface area contributed by atoms with Crippen molar-refractivity contribution in [2.45, 2.75) is 95.4 Å². The predicted octanol–water partition coefficient (Wildman–Crippen LogP) is 4.37. The highest BCUT2D eigenvalue weighted by atomic mass is 19.3. The molecule has 1 saturated carbocycles. The molecular weight excluding hydrogens is 516 g/mol. The monoisotopic (exact) mass is 553 g/mol. The maximum Gasteiger partial charge on any atom is 0.251 e. The molecule has 10 heteroatoms. The third-order valence-electron chi connectivity index (χ3n) is 7.89. The Labute approximate surface area is 234 Å². The summed E-state index contributed by atoms with van der Waals surface area (Å²) in [5.41, 5.74) is 2.52. The quantitative estimate of drug-likeness (QED) is 0.514. The van der Waals surface area contributed by atoms with E-state index >= 15 is 0 Å². The average Bonchev–Trinajstić information content (AvgIpc) is 3.29. The zero-order valence-corrected chi connectivity index (χ0v) is 23.4. The third kappa shape index (κ3) is 6.41. The summed E-state index contributed by atoms with van der Waals surface area (Å²) in [6.07, 6.45) is 3.91. The lowest BCUT2D eigenvalue weighted by atomic mass is 9.87. The summed E-state index contributed by atoms with van der Waals surface area (Å²) >= 11 is 0. The Kier molecular flexibility index (Phi) is 8.45. The van der Waals surface area contributed by atoms with E-state index in [2.05, 4.69) is 31.1 Å². The fourth-order valence-corrected chi connectivity index (χ4v) is 5.47. The number of nitrogens with one attached hydrogen (secondary N) is 1. The molecule has 2 fully saturated rings. The van der Waals surface area contributed by atoms with Gasteiger partial charge in [0.05, 0.1) is 12.6 Å². The van der Waals surface area contributed by atoms with Crippen LogP contribution in [0.4, 0.5) is 14.5 Å². The Bertz CT molecular complexity index is 1260. The molecule has 1 saturated heterocycles. The minimum atomic E-state index is -2.75. The van der Waals surface area contributed by atoms with Crippen molar-refractivity contribution < 1.29 is 23.5 Å². The molecular formula is C30H37F2N5O3. The van der Waals surface area contributed by atoms with Crippen molar-refractivity contribution in [3.05, 3.63) is 59.4 Å². The number of β-amino-alcohol motifs (C(OH)–C–C–N with tert-alkyl or cyclic N) is 1. The zero-order valence-electron chi connectivity index (χ0n) is 23.4. The Hall–Kier alpha value is -3.58. The zero-order chi connectivity index (χ0) is 29.2. The fourth-order valence-electron chi connectivity index (χ4n) is 5.47. The topological polar surface area (TPSA) is 110 Å². The molecule has 1 aromatic heterocycles. The van der Waals surface area contributed by atoms with Gasteiger partial charge in [0.25, 0.3) is 5.91 Å². The first-order valence-electron chi connectivity index (χ1n) is 13.7. The lowest BCUT2D eigenvalue weighted by molar-refractivity contribution is -0.129. The number of aliphatic hydroxyl groups is 1. The van der Waals surface area contributed by atoms with E-state index in [1.54, 1.807) is 24.4 Å².